The van der Waals surface area contributed by atoms with Gasteiger partial charge in [-0.05, 0) is 37.1 Å². The number of hydrogen-bond donors (Lipinski definition) is 2. The summed E-state index contributed by atoms with van der Waals surface area (Å²) in [5, 5.41) is 11.4. The molecule has 0 aliphatic carbocycles. The van der Waals surface area contributed by atoms with Crippen LogP contribution < -0.4 is 14.8 Å². The number of carbonyl (C=O) groups is 1. The van der Waals surface area contributed by atoms with E-state index in [1.54, 1.807) is 19.2 Å². The quantitative estimate of drug-likeness (QED) is 0.663. The molecule has 2 N–H and O–H groups in total. The third kappa shape index (κ3) is 6.67. The summed E-state index contributed by atoms with van der Waals surface area (Å²) in [6, 6.07) is 7.23. The van der Waals surface area contributed by atoms with Gasteiger partial charge < -0.3 is 19.9 Å². The van der Waals surface area contributed by atoms with E-state index in [0.717, 1.165) is 12.2 Å². The van der Waals surface area contributed by atoms with Gasteiger partial charge in [-0.25, -0.2) is 0 Å². The van der Waals surface area contributed by atoms with Crippen molar-refractivity contribution in [2.75, 3.05) is 26.9 Å². The Bertz CT molecular complexity index is 364. The molecule has 0 aromatic heterocycles. The highest BCUT2D eigenvalue weighted by atomic mass is 16.5. The van der Waals surface area contributed by atoms with E-state index >= 15 is 0 Å². The third-order valence-corrected chi connectivity index (χ3v) is 2.56. The molecule has 0 atom stereocenters. The van der Waals surface area contributed by atoms with Crippen molar-refractivity contribution in [2.45, 2.75) is 19.3 Å². The molecule has 0 saturated carbocycles. The number of hydrogen-bond acceptors (Lipinski definition) is 4. The summed E-state index contributed by atoms with van der Waals surface area (Å²) in [5.74, 6) is 1.45. The number of ether oxygens (including phenoxy) is 2. The minimum absolute atomic E-state index is 0.0357. The lowest BCUT2D eigenvalue weighted by Crippen LogP contribution is -2.26. The van der Waals surface area contributed by atoms with Crippen LogP contribution >= 0.6 is 0 Å². The lowest BCUT2D eigenvalue weighted by Gasteiger charge is -2.07. The van der Waals surface area contributed by atoms with Crippen LogP contribution in [0.1, 0.15) is 19.3 Å². The summed E-state index contributed by atoms with van der Waals surface area (Å²) in [6.07, 6.45) is 1.83. The Balaban J connectivity index is 2.13. The van der Waals surface area contributed by atoms with Crippen LogP contribution in [0.5, 0.6) is 11.5 Å². The first-order chi connectivity index (χ1) is 9.26. The molecule has 0 bridgehead atoms. The molecule has 1 aromatic carbocycles. The zero-order valence-electron chi connectivity index (χ0n) is 11.2. The van der Waals surface area contributed by atoms with Gasteiger partial charge in [0, 0.05) is 13.2 Å². The fraction of sp³-hybridized carbons (Fsp3) is 0.500. The number of unbranched alkanes of at least 4 members (excludes halogenated alkanes) is 1. The van der Waals surface area contributed by atoms with E-state index in [-0.39, 0.29) is 12.5 Å². The van der Waals surface area contributed by atoms with Gasteiger partial charge in [0.05, 0.1) is 20.1 Å². The van der Waals surface area contributed by atoms with Crippen LogP contribution in [-0.2, 0) is 4.79 Å². The molecule has 5 heteroatoms. The normalized spacial score (nSPS) is 10.0. The van der Waals surface area contributed by atoms with E-state index in [9.17, 15) is 4.79 Å². The highest BCUT2D eigenvalue weighted by Gasteiger charge is 2.01. The molecule has 0 fully saturated rings. The van der Waals surface area contributed by atoms with Crippen molar-refractivity contribution in [3.05, 3.63) is 24.3 Å². The molecule has 0 unspecified atom stereocenters. The van der Waals surface area contributed by atoms with Crippen molar-refractivity contribution in [2.24, 2.45) is 0 Å². The Morgan fingerprint density at radius 1 is 1.21 bits per heavy atom. The molecule has 1 amide bonds. The predicted octanol–water partition coefficient (Wildman–Crippen LogP) is 1.35. The molecule has 0 heterocycles. The van der Waals surface area contributed by atoms with Gasteiger partial charge in [0.25, 0.3) is 0 Å². The highest BCUT2D eigenvalue weighted by Crippen LogP contribution is 2.16. The topological polar surface area (TPSA) is 67.8 Å². The summed E-state index contributed by atoms with van der Waals surface area (Å²) in [5.41, 5.74) is 0. The number of aliphatic hydroxyl groups excluding tert-OH is 1. The van der Waals surface area contributed by atoms with Crippen molar-refractivity contribution in [3.8, 4) is 11.5 Å². The largest absolute Gasteiger partial charge is 0.497 e. The number of methoxy groups -OCH3 is 1. The maximum Gasteiger partial charge on any atom is 0.223 e. The Morgan fingerprint density at radius 3 is 2.53 bits per heavy atom. The summed E-state index contributed by atoms with van der Waals surface area (Å²) >= 11 is 0. The van der Waals surface area contributed by atoms with Gasteiger partial charge in [-0.1, -0.05) is 0 Å². The minimum Gasteiger partial charge on any atom is -0.497 e. The first-order valence-electron chi connectivity index (χ1n) is 6.40. The highest BCUT2D eigenvalue weighted by molar-refractivity contribution is 5.75. The number of amides is 1. The van der Waals surface area contributed by atoms with E-state index < -0.39 is 0 Å². The first kappa shape index (κ1) is 15.3. The molecular weight excluding hydrogens is 246 g/mol. The molecule has 0 saturated heterocycles. The predicted molar refractivity (Wildman–Crippen MR) is 72.4 cm³/mol. The van der Waals surface area contributed by atoms with Crippen molar-refractivity contribution in [1.29, 1.82) is 0 Å². The van der Waals surface area contributed by atoms with Gasteiger partial charge in [-0.3, -0.25) is 4.79 Å². The van der Waals surface area contributed by atoms with Crippen LogP contribution in [0.15, 0.2) is 24.3 Å². The minimum atomic E-state index is -0.0357. The molecule has 1 aromatic rings. The number of benzene rings is 1. The second-order valence-electron chi connectivity index (χ2n) is 4.05. The molecule has 0 radical (unpaired) electrons. The van der Waals surface area contributed by atoms with E-state index in [1.807, 2.05) is 12.1 Å². The van der Waals surface area contributed by atoms with E-state index in [1.165, 1.54) is 0 Å². The zero-order chi connectivity index (χ0) is 13.9. The zero-order valence-corrected chi connectivity index (χ0v) is 11.2. The lowest BCUT2D eigenvalue weighted by molar-refractivity contribution is -0.121. The van der Waals surface area contributed by atoms with E-state index in [2.05, 4.69) is 5.32 Å². The van der Waals surface area contributed by atoms with Gasteiger partial charge in [0.2, 0.25) is 5.91 Å². The van der Waals surface area contributed by atoms with E-state index in [4.69, 9.17) is 14.6 Å². The second-order valence-corrected chi connectivity index (χ2v) is 4.05. The smallest absolute Gasteiger partial charge is 0.223 e. The Kier molecular flexibility index (Phi) is 7.43. The van der Waals surface area contributed by atoms with Crippen LogP contribution in [0.3, 0.4) is 0 Å². The van der Waals surface area contributed by atoms with Crippen LogP contribution in [0.4, 0.5) is 0 Å². The molecule has 0 aliphatic rings. The van der Waals surface area contributed by atoms with Crippen molar-refractivity contribution in [1.82, 2.24) is 5.32 Å². The number of rotatable bonds is 9. The molecule has 5 nitrogen and oxygen atoms in total. The Labute approximate surface area is 113 Å². The Morgan fingerprint density at radius 2 is 1.89 bits per heavy atom. The summed E-state index contributed by atoms with van der Waals surface area (Å²) < 4.78 is 10.5. The van der Waals surface area contributed by atoms with Gasteiger partial charge in [-0.2, -0.15) is 0 Å². The van der Waals surface area contributed by atoms with Crippen LogP contribution in [0, 0.1) is 0 Å². The van der Waals surface area contributed by atoms with Crippen LogP contribution in [0.25, 0.3) is 0 Å². The number of carbonyl (C=O) groups excluding carboxylic acids is 1. The SMILES string of the molecule is COc1ccc(OCCC(=O)NCCCCO)cc1. The average molecular weight is 267 g/mol. The molecule has 1 rings (SSSR count). The molecule has 106 valence electrons. The van der Waals surface area contributed by atoms with Gasteiger partial charge >= 0.3 is 0 Å². The third-order valence-electron chi connectivity index (χ3n) is 2.56. The van der Waals surface area contributed by atoms with Crippen LogP contribution in [-0.4, -0.2) is 37.9 Å². The van der Waals surface area contributed by atoms with Gasteiger partial charge in [0.15, 0.2) is 0 Å². The van der Waals surface area contributed by atoms with E-state index in [0.29, 0.717) is 31.7 Å². The number of aliphatic hydroxyl groups is 1. The number of nitrogens with one attached hydrogen (secondary N) is 1. The average Bonchev–Trinajstić information content (AvgIpc) is 2.44. The monoisotopic (exact) mass is 267 g/mol. The maximum absolute atomic E-state index is 11.4. The maximum atomic E-state index is 11.4. The fourth-order valence-corrected chi connectivity index (χ4v) is 1.49. The van der Waals surface area contributed by atoms with Crippen molar-refractivity contribution in [3.63, 3.8) is 0 Å². The van der Waals surface area contributed by atoms with Crippen LogP contribution in [0.2, 0.25) is 0 Å². The van der Waals surface area contributed by atoms with Gasteiger partial charge in [0.1, 0.15) is 11.5 Å². The summed E-state index contributed by atoms with van der Waals surface area (Å²) in [7, 11) is 1.61. The molecular formula is C14H21NO4. The molecule has 19 heavy (non-hydrogen) atoms. The summed E-state index contributed by atoms with van der Waals surface area (Å²) in [6.45, 7) is 1.11. The first-order valence-corrected chi connectivity index (χ1v) is 6.40. The lowest BCUT2D eigenvalue weighted by atomic mass is 10.3. The fourth-order valence-electron chi connectivity index (χ4n) is 1.49. The molecule has 0 spiro atoms. The van der Waals surface area contributed by atoms with Gasteiger partial charge in [-0.15, -0.1) is 0 Å². The summed E-state index contributed by atoms with van der Waals surface area (Å²) in [4.78, 5) is 11.4. The standard InChI is InChI=1S/C14H21NO4/c1-18-12-4-6-13(7-5-12)19-11-8-14(17)15-9-2-3-10-16/h4-7,16H,2-3,8-11H2,1H3,(H,15,17). The Hall–Kier alpha value is -1.75. The second kappa shape index (κ2) is 9.22. The van der Waals surface area contributed by atoms with Crippen molar-refractivity contribution < 1.29 is 19.4 Å². The van der Waals surface area contributed by atoms with Crippen molar-refractivity contribution >= 4 is 5.91 Å². The molecule has 0 aliphatic heterocycles.